The van der Waals surface area contributed by atoms with E-state index in [1.807, 2.05) is 0 Å². The molecule has 1 aromatic rings. The zero-order valence-corrected chi connectivity index (χ0v) is 10.2. The first-order valence-electron chi connectivity index (χ1n) is 5.71. The predicted octanol–water partition coefficient (Wildman–Crippen LogP) is 2.70. The summed E-state index contributed by atoms with van der Waals surface area (Å²) in [4.78, 5) is 7.98. The number of nitrogens with zero attached hydrogens (tertiary/aromatic N) is 2. The third-order valence-corrected chi connectivity index (χ3v) is 3.62. The van der Waals surface area contributed by atoms with Crippen LogP contribution in [0.4, 0.5) is 11.6 Å². The van der Waals surface area contributed by atoms with E-state index in [1.165, 1.54) is 32.0 Å². The molecule has 1 aliphatic carbocycles. The fourth-order valence-electron chi connectivity index (χ4n) is 2.19. The Morgan fingerprint density at radius 2 is 2.12 bits per heavy atom. The van der Waals surface area contributed by atoms with E-state index in [2.05, 4.69) is 22.2 Å². The van der Waals surface area contributed by atoms with Crippen LogP contribution in [0.3, 0.4) is 0 Å². The monoisotopic (exact) mass is 240 g/mol. The molecule has 0 aromatic carbocycles. The van der Waals surface area contributed by atoms with E-state index in [0.29, 0.717) is 28.6 Å². The summed E-state index contributed by atoms with van der Waals surface area (Å²) in [5.41, 5.74) is 5.64. The molecule has 0 bridgehead atoms. The molecule has 1 saturated carbocycles. The normalized spacial score (nSPS) is 25.4. The fraction of sp³-hybridized carbons (Fsp3) is 0.636. The van der Waals surface area contributed by atoms with Gasteiger partial charge >= 0.3 is 0 Å². The zero-order chi connectivity index (χ0) is 11.5. The van der Waals surface area contributed by atoms with Gasteiger partial charge in [0.2, 0.25) is 0 Å². The average molecular weight is 241 g/mol. The van der Waals surface area contributed by atoms with E-state index in [0.717, 1.165) is 0 Å². The summed E-state index contributed by atoms with van der Waals surface area (Å²) >= 11 is 6.05. The van der Waals surface area contributed by atoms with Gasteiger partial charge in [-0.3, -0.25) is 0 Å². The summed E-state index contributed by atoms with van der Waals surface area (Å²) in [5, 5.41) is 3.81. The first kappa shape index (κ1) is 11.5. The number of nitrogen functional groups attached to an aromatic ring is 1. The first-order chi connectivity index (χ1) is 7.68. The lowest BCUT2D eigenvalue weighted by molar-refractivity contribution is 0.349. The molecule has 0 aliphatic heterocycles. The molecule has 1 aromatic heterocycles. The smallest absolute Gasteiger partial charge is 0.150 e. The van der Waals surface area contributed by atoms with Crippen LogP contribution in [0, 0.1) is 5.92 Å². The highest BCUT2D eigenvalue weighted by Gasteiger charge is 2.22. The van der Waals surface area contributed by atoms with Crippen LogP contribution in [0.5, 0.6) is 0 Å². The van der Waals surface area contributed by atoms with Crippen LogP contribution in [-0.2, 0) is 0 Å². The number of halogens is 1. The van der Waals surface area contributed by atoms with Gasteiger partial charge in [0.25, 0.3) is 0 Å². The largest absolute Gasteiger partial charge is 0.382 e. The molecule has 0 amide bonds. The van der Waals surface area contributed by atoms with Crippen molar-refractivity contribution in [2.75, 3.05) is 11.1 Å². The van der Waals surface area contributed by atoms with Crippen LogP contribution < -0.4 is 11.1 Å². The standard InChI is InChI=1S/C11H17ClN4/c1-7-4-2-3-5-8(7)16-11-9(12)10(13)14-6-15-11/h6-8H,2-5H2,1H3,(H3,13,14,15,16). The van der Waals surface area contributed by atoms with Crippen LogP contribution in [0.25, 0.3) is 0 Å². The van der Waals surface area contributed by atoms with Crippen LogP contribution >= 0.6 is 11.6 Å². The van der Waals surface area contributed by atoms with Crippen molar-refractivity contribution in [1.82, 2.24) is 9.97 Å². The minimum Gasteiger partial charge on any atom is -0.382 e. The second-order valence-electron chi connectivity index (χ2n) is 4.43. The summed E-state index contributed by atoms with van der Waals surface area (Å²) in [5.74, 6) is 1.65. The topological polar surface area (TPSA) is 63.8 Å². The Labute approximate surface area is 101 Å². The van der Waals surface area contributed by atoms with Gasteiger partial charge in [-0.15, -0.1) is 0 Å². The fourth-order valence-corrected chi connectivity index (χ4v) is 2.34. The van der Waals surface area contributed by atoms with Crippen LogP contribution in [0.2, 0.25) is 5.02 Å². The molecule has 5 heteroatoms. The van der Waals surface area contributed by atoms with Crippen molar-refractivity contribution in [2.45, 2.75) is 38.6 Å². The van der Waals surface area contributed by atoms with E-state index >= 15 is 0 Å². The number of nitrogens with one attached hydrogen (secondary N) is 1. The van der Waals surface area contributed by atoms with Gasteiger partial charge in [-0.2, -0.15) is 0 Å². The van der Waals surface area contributed by atoms with Crippen molar-refractivity contribution in [3.63, 3.8) is 0 Å². The molecule has 0 saturated heterocycles. The Balaban J connectivity index is 2.10. The highest BCUT2D eigenvalue weighted by atomic mass is 35.5. The van der Waals surface area contributed by atoms with Crippen molar-refractivity contribution in [2.24, 2.45) is 5.92 Å². The van der Waals surface area contributed by atoms with Gasteiger partial charge in [0.15, 0.2) is 5.82 Å². The van der Waals surface area contributed by atoms with Crippen LogP contribution in [-0.4, -0.2) is 16.0 Å². The zero-order valence-electron chi connectivity index (χ0n) is 9.41. The third-order valence-electron chi connectivity index (χ3n) is 3.25. The Morgan fingerprint density at radius 1 is 1.38 bits per heavy atom. The molecule has 1 fully saturated rings. The van der Waals surface area contributed by atoms with E-state index in [9.17, 15) is 0 Å². The third kappa shape index (κ3) is 2.38. The van der Waals surface area contributed by atoms with E-state index < -0.39 is 0 Å². The molecule has 88 valence electrons. The van der Waals surface area contributed by atoms with Gasteiger partial charge in [0, 0.05) is 6.04 Å². The maximum atomic E-state index is 6.05. The van der Waals surface area contributed by atoms with Crippen molar-refractivity contribution in [3.05, 3.63) is 11.3 Å². The molecule has 16 heavy (non-hydrogen) atoms. The number of hydrogen-bond acceptors (Lipinski definition) is 4. The number of aromatic nitrogens is 2. The van der Waals surface area contributed by atoms with E-state index in [-0.39, 0.29) is 0 Å². The summed E-state index contributed by atoms with van der Waals surface area (Å²) in [6.45, 7) is 2.26. The molecular formula is C11H17ClN4. The van der Waals surface area contributed by atoms with Crippen molar-refractivity contribution in [3.8, 4) is 0 Å². The molecule has 2 rings (SSSR count). The molecule has 3 N–H and O–H groups in total. The molecule has 2 unspecified atom stereocenters. The minimum atomic E-state index is 0.336. The molecule has 1 heterocycles. The number of nitrogens with two attached hydrogens (primary N) is 1. The highest BCUT2D eigenvalue weighted by Crippen LogP contribution is 2.29. The Bertz CT molecular complexity index is 369. The summed E-state index contributed by atoms with van der Waals surface area (Å²) in [6.07, 6.45) is 6.45. The summed E-state index contributed by atoms with van der Waals surface area (Å²) in [6, 6.07) is 0.445. The van der Waals surface area contributed by atoms with Gasteiger partial charge in [0.1, 0.15) is 17.2 Å². The highest BCUT2D eigenvalue weighted by molar-refractivity contribution is 6.35. The maximum Gasteiger partial charge on any atom is 0.150 e. The summed E-state index contributed by atoms with van der Waals surface area (Å²) < 4.78 is 0. The predicted molar refractivity (Wildman–Crippen MR) is 66.5 cm³/mol. The van der Waals surface area contributed by atoms with Crippen LogP contribution in [0.15, 0.2) is 6.33 Å². The van der Waals surface area contributed by atoms with Gasteiger partial charge in [-0.25, -0.2) is 9.97 Å². The number of rotatable bonds is 2. The van der Waals surface area contributed by atoms with Gasteiger partial charge in [-0.05, 0) is 18.8 Å². The molecule has 4 nitrogen and oxygen atoms in total. The number of hydrogen-bond donors (Lipinski definition) is 2. The van der Waals surface area contributed by atoms with Crippen LogP contribution in [0.1, 0.15) is 32.6 Å². The van der Waals surface area contributed by atoms with Gasteiger partial charge in [0.05, 0.1) is 0 Å². The Kier molecular flexibility index (Phi) is 3.49. The maximum absolute atomic E-state index is 6.05. The van der Waals surface area contributed by atoms with Crippen molar-refractivity contribution < 1.29 is 0 Å². The minimum absolute atomic E-state index is 0.336. The molecule has 1 aliphatic rings. The second kappa shape index (κ2) is 4.87. The summed E-state index contributed by atoms with van der Waals surface area (Å²) in [7, 11) is 0. The Hall–Kier alpha value is -1.03. The number of anilines is 2. The van der Waals surface area contributed by atoms with Gasteiger partial charge < -0.3 is 11.1 Å². The van der Waals surface area contributed by atoms with Crippen molar-refractivity contribution >= 4 is 23.2 Å². The lowest BCUT2D eigenvalue weighted by atomic mass is 9.86. The average Bonchev–Trinajstić information content (AvgIpc) is 2.28. The quantitative estimate of drug-likeness (QED) is 0.834. The lowest BCUT2D eigenvalue weighted by Gasteiger charge is -2.30. The Morgan fingerprint density at radius 3 is 2.88 bits per heavy atom. The van der Waals surface area contributed by atoms with E-state index in [1.54, 1.807) is 0 Å². The lowest BCUT2D eigenvalue weighted by Crippen LogP contribution is -2.30. The second-order valence-corrected chi connectivity index (χ2v) is 4.81. The van der Waals surface area contributed by atoms with E-state index in [4.69, 9.17) is 17.3 Å². The molecule has 0 radical (unpaired) electrons. The molecule has 0 spiro atoms. The SMILES string of the molecule is CC1CCCCC1Nc1ncnc(N)c1Cl. The molecular weight excluding hydrogens is 224 g/mol. The molecule has 2 atom stereocenters. The van der Waals surface area contributed by atoms with Crippen molar-refractivity contribution in [1.29, 1.82) is 0 Å². The van der Waals surface area contributed by atoms with Gasteiger partial charge in [-0.1, -0.05) is 31.4 Å². The first-order valence-corrected chi connectivity index (χ1v) is 6.09.